The highest BCUT2D eigenvalue weighted by Crippen LogP contribution is 2.32. The molecule has 0 N–H and O–H groups in total. The van der Waals surface area contributed by atoms with Crippen LogP contribution in [0.1, 0.15) is 52.1 Å². The molecule has 0 atom stereocenters. The van der Waals surface area contributed by atoms with Crippen LogP contribution in [0.25, 0.3) is 0 Å². The zero-order valence-electron chi connectivity index (χ0n) is 15.7. The van der Waals surface area contributed by atoms with Crippen LogP contribution in [0.5, 0.6) is 0 Å². The van der Waals surface area contributed by atoms with Crippen molar-refractivity contribution in [2.75, 3.05) is 25.0 Å². The molecule has 0 saturated carbocycles. The van der Waals surface area contributed by atoms with Gasteiger partial charge in [0.2, 0.25) is 5.91 Å². The van der Waals surface area contributed by atoms with Crippen LogP contribution in [0.4, 0.5) is 5.82 Å². The van der Waals surface area contributed by atoms with E-state index in [1.54, 1.807) is 16.2 Å². The van der Waals surface area contributed by atoms with Crippen molar-refractivity contribution in [3.63, 3.8) is 0 Å². The number of thiazole rings is 1. The summed E-state index contributed by atoms with van der Waals surface area (Å²) in [6, 6.07) is 0. The number of carbonyl (C=O) groups is 1. The lowest BCUT2D eigenvalue weighted by atomic mass is 9.95. The fourth-order valence-electron chi connectivity index (χ4n) is 3.92. The van der Waals surface area contributed by atoms with E-state index in [4.69, 9.17) is 9.97 Å². The average Bonchev–Trinajstić information content (AvgIpc) is 3.04. The van der Waals surface area contributed by atoms with Gasteiger partial charge in [-0.25, -0.2) is 15.0 Å². The van der Waals surface area contributed by atoms with E-state index in [0.29, 0.717) is 12.3 Å². The molecule has 0 aromatic carbocycles. The molecule has 0 radical (unpaired) electrons. The van der Waals surface area contributed by atoms with Crippen molar-refractivity contribution in [1.82, 2.24) is 19.9 Å². The zero-order chi connectivity index (χ0) is 18.3. The van der Waals surface area contributed by atoms with Crippen molar-refractivity contribution in [1.29, 1.82) is 0 Å². The minimum atomic E-state index is 0.149. The van der Waals surface area contributed by atoms with E-state index in [1.807, 2.05) is 13.2 Å². The van der Waals surface area contributed by atoms with Gasteiger partial charge >= 0.3 is 0 Å². The number of aryl methyl sites for hydroxylation is 2. The average molecular weight is 372 g/mol. The number of rotatable bonds is 3. The fraction of sp³-hybridized carbons (Fsp3) is 0.579. The molecule has 2 aromatic heterocycles. The summed E-state index contributed by atoms with van der Waals surface area (Å²) in [6.45, 7) is 7.19. The predicted molar refractivity (Wildman–Crippen MR) is 103 cm³/mol. The number of piperidine rings is 1. The number of hydrogen-bond acceptors (Lipinski definition) is 6. The van der Waals surface area contributed by atoms with Crippen molar-refractivity contribution < 1.29 is 4.79 Å². The van der Waals surface area contributed by atoms with Gasteiger partial charge in [0.25, 0.3) is 0 Å². The largest absolute Gasteiger partial charge is 0.300 e. The third-order valence-corrected chi connectivity index (χ3v) is 6.39. The van der Waals surface area contributed by atoms with Crippen molar-refractivity contribution in [2.24, 2.45) is 0 Å². The third kappa shape index (κ3) is 3.38. The molecule has 1 fully saturated rings. The number of nitrogens with zero attached hydrogens (tertiary/aromatic N) is 5. The number of aromatic nitrogens is 3. The van der Waals surface area contributed by atoms with Crippen LogP contribution in [0.15, 0.2) is 6.20 Å². The molecule has 0 unspecified atom stereocenters. The standard InChI is InChI=1S/C19H25N5OS/c1-12-16-4-5-17(25)23(3)19(16)22-18(21-12)14-6-8-24(9-7-14)11-15-10-20-13(2)26-15/h10,14H,4-9,11H2,1-3H3. The summed E-state index contributed by atoms with van der Waals surface area (Å²) < 4.78 is 0. The Morgan fingerprint density at radius 2 is 1.96 bits per heavy atom. The van der Waals surface area contributed by atoms with Gasteiger partial charge in [0.15, 0.2) is 0 Å². The molecule has 0 bridgehead atoms. The molecule has 1 saturated heterocycles. The SMILES string of the molecule is Cc1ncc(CN2CCC(c3nc(C)c4c(n3)N(C)C(=O)CC4)CC2)s1. The number of fused-ring (bicyclic) bond motifs is 1. The van der Waals surface area contributed by atoms with Crippen molar-refractivity contribution in [2.45, 2.75) is 52.0 Å². The fourth-order valence-corrected chi connectivity index (χ4v) is 4.76. The summed E-state index contributed by atoms with van der Waals surface area (Å²) in [7, 11) is 1.83. The van der Waals surface area contributed by atoms with E-state index < -0.39 is 0 Å². The lowest BCUT2D eigenvalue weighted by molar-refractivity contribution is -0.118. The maximum Gasteiger partial charge on any atom is 0.228 e. The summed E-state index contributed by atoms with van der Waals surface area (Å²) in [5.74, 6) is 2.27. The Labute approximate surface area is 158 Å². The first-order valence-corrected chi connectivity index (χ1v) is 10.1. The van der Waals surface area contributed by atoms with Crippen LogP contribution in [0, 0.1) is 13.8 Å². The smallest absolute Gasteiger partial charge is 0.228 e. The Hall–Kier alpha value is -1.86. The molecule has 26 heavy (non-hydrogen) atoms. The first kappa shape index (κ1) is 17.5. The Morgan fingerprint density at radius 1 is 1.19 bits per heavy atom. The Kier molecular flexibility index (Phi) is 4.75. The summed E-state index contributed by atoms with van der Waals surface area (Å²) in [6.07, 6.45) is 5.44. The molecule has 2 aliphatic rings. The second-order valence-corrected chi connectivity index (χ2v) is 8.64. The molecule has 4 heterocycles. The van der Waals surface area contributed by atoms with Crippen molar-refractivity contribution in [3.05, 3.63) is 33.2 Å². The van der Waals surface area contributed by atoms with E-state index in [-0.39, 0.29) is 5.91 Å². The normalized spacial score (nSPS) is 19.0. The topological polar surface area (TPSA) is 62.2 Å². The lowest BCUT2D eigenvalue weighted by Gasteiger charge is -2.32. The Morgan fingerprint density at radius 3 is 2.65 bits per heavy atom. The second kappa shape index (κ2) is 7.04. The minimum absolute atomic E-state index is 0.149. The van der Waals surface area contributed by atoms with Gasteiger partial charge in [-0.1, -0.05) is 0 Å². The molecule has 1 amide bonds. The molecule has 6 nitrogen and oxygen atoms in total. The highest BCUT2D eigenvalue weighted by atomic mass is 32.1. The van der Waals surface area contributed by atoms with Gasteiger partial charge in [0, 0.05) is 48.3 Å². The van der Waals surface area contributed by atoms with E-state index in [1.165, 1.54) is 4.88 Å². The van der Waals surface area contributed by atoms with Crippen LogP contribution in [-0.2, 0) is 17.8 Å². The number of anilines is 1. The number of likely N-dealkylation sites (tertiary alicyclic amines) is 1. The van der Waals surface area contributed by atoms with Crippen LogP contribution in [0.3, 0.4) is 0 Å². The third-order valence-electron chi connectivity index (χ3n) is 5.49. The number of hydrogen-bond donors (Lipinski definition) is 0. The molecule has 2 aromatic rings. The predicted octanol–water partition coefficient (Wildman–Crippen LogP) is 2.84. The quantitative estimate of drug-likeness (QED) is 0.830. The van der Waals surface area contributed by atoms with E-state index in [0.717, 1.165) is 66.8 Å². The van der Waals surface area contributed by atoms with Crippen LogP contribution in [0.2, 0.25) is 0 Å². The number of amides is 1. The molecular formula is C19H25N5OS. The zero-order valence-corrected chi connectivity index (χ0v) is 16.5. The van der Waals surface area contributed by atoms with E-state index in [2.05, 4.69) is 23.7 Å². The van der Waals surface area contributed by atoms with E-state index in [9.17, 15) is 4.79 Å². The van der Waals surface area contributed by atoms with Crippen LogP contribution >= 0.6 is 11.3 Å². The highest BCUT2D eigenvalue weighted by Gasteiger charge is 2.28. The maximum absolute atomic E-state index is 12.0. The van der Waals surface area contributed by atoms with Gasteiger partial charge in [-0.2, -0.15) is 0 Å². The molecule has 138 valence electrons. The van der Waals surface area contributed by atoms with Gasteiger partial charge in [0.05, 0.1) is 5.01 Å². The Bertz CT molecular complexity index is 825. The highest BCUT2D eigenvalue weighted by molar-refractivity contribution is 7.11. The van der Waals surface area contributed by atoms with Crippen LogP contribution in [-0.4, -0.2) is 45.9 Å². The summed E-state index contributed by atoms with van der Waals surface area (Å²) in [5, 5.41) is 1.13. The molecule has 4 rings (SSSR count). The molecule has 2 aliphatic heterocycles. The first-order valence-electron chi connectivity index (χ1n) is 9.29. The van der Waals surface area contributed by atoms with Gasteiger partial charge in [-0.05, 0) is 46.2 Å². The van der Waals surface area contributed by atoms with Gasteiger partial charge < -0.3 is 0 Å². The molecule has 7 heteroatoms. The van der Waals surface area contributed by atoms with Crippen molar-refractivity contribution >= 4 is 23.1 Å². The molecular weight excluding hydrogens is 346 g/mol. The summed E-state index contributed by atoms with van der Waals surface area (Å²) >= 11 is 1.78. The minimum Gasteiger partial charge on any atom is -0.300 e. The van der Waals surface area contributed by atoms with Gasteiger partial charge in [-0.15, -0.1) is 11.3 Å². The number of carbonyl (C=O) groups excluding carboxylic acids is 1. The maximum atomic E-state index is 12.0. The van der Waals surface area contributed by atoms with Gasteiger partial charge in [-0.3, -0.25) is 14.6 Å². The Balaban J connectivity index is 1.46. The summed E-state index contributed by atoms with van der Waals surface area (Å²) in [4.78, 5) is 31.5. The lowest BCUT2D eigenvalue weighted by Crippen LogP contribution is -2.35. The van der Waals surface area contributed by atoms with Gasteiger partial charge in [0.1, 0.15) is 11.6 Å². The second-order valence-electron chi connectivity index (χ2n) is 7.32. The van der Waals surface area contributed by atoms with Crippen molar-refractivity contribution in [3.8, 4) is 0 Å². The molecule has 0 spiro atoms. The van der Waals surface area contributed by atoms with E-state index >= 15 is 0 Å². The first-order chi connectivity index (χ1) is 12.5. The summed E-state index contributed by atoms with van der Waals surface area (Å²) in [5.41, 5.74) is 2.17. The van der Waals surface area contributed by atoms with Crippen LogP contribution < -0.4 is 4.90 Å². The monoisotopic (exact) mass is 371 g/mol. The molecule has 0 aliphatic carbocycles.